The van der Waals surface area contributed by atoms with Crippen molar-refractivity contribution in [2.24, 2.45) is 5.73 Å². The molecule has 3 atom stereocenters. The maximum absolute atomic E-state index is 12.1. The number of hydrogen-bond donors (Lipinski definition) is 2. The van der Waals surface area contributed by atoms with Crippen molar-refractivity contribution in [3.63, 3.8) is 0 Å². The highest BCUT2D eigenvalue weighted by molar-refractivity contribution is 5.75. The van der Waals surface area contributed by atoms with Gasteiger partial charge in [-0.3, -0.25) is 0 Å². The van der Waals surface area contributed by atoms with E-state index in [0.717, 1.165) is 13.0 Å². The molecule has 0 spiro atoms. The molecule has 2 saturated heterocycles. The first-order valence-corrected chi connectivity index (χ1v) is 6.17. The second kappa shape index (κ2) is 5.66. The monoisotopic (exact) mass is 243 g/mol. The van der Waals surface area contributed by atoms with E-state index < -0.39 is 0 Å². The lowest BCUT2D eigenvalue weighted by atomic mass is 10.2. The van der Waals surface area contributed by atoms with Gasteiger partial charge in [0.1, 0.15) is 0 Å². The summed E-state index contributed by atoms with van der Waals surface area (Å²) in [6, 6.07) is 0.212. The SMILES string of the molecule is CC1COC(CN)CN1C(=O)NC1CCOC1. The van der Waals surface area contributed by atoms with Crippen molar-refractivity contribution in [3.8, 4) is 0 Å². The van der Waals surface area contributed by atoms with Crippen LogP contribution in [-0.2, 0) is 9.47 Å². The summed E-state index contributed by atoms with van der Waals surface area (Å²) in [7, 11) is 0. The van der Waals surface area contributed by atoms with Gasteiger partial charge in [0.15, 0.2) is 0 Å². The Morgan fingerprint density at radius 2 is 2.35 bits per heavy atom. The topological polar surface area (TPSA) is 76.8 Å². The Kier molecular flexibility index (Phi) is 4.20. The molecule has 0 aromatic rings. The van der Waals surface area contributed by atoms with Crippen LogP contribution in [0.4, 0.5) is 4.79 Å². The van der Waals surface area contributed by atoms with Gasteiger partial charge in [0.25, 0.3) is 0 Å². The molecule has 2 fully saturated rings. The van der Waals surface area contributed by atoms with Gasteiger partial charge in [0, 0.05) is 13.2 Å². The van der Waals surface area contributed by atoms with Crippen LogP contribution in [0.25, 0.3) is 0 Å². The molecule has 2 rings (SSSR count). The van der Waals surface area contributed by atoms with Gasteiger partial charge in [-0.05, 0) is 13.3 Å². The normalized spacial score (nSPS) is 33.8. The van der Waals surface area contributed by atoms with Crippen molar-refractivity contribution in [2.45, 2.75) is 31.5 Å². The van der Waals surface area contributed by atoms with Gasteiger partial charge in [0.05, 0.1) is 37.9 Å². The average Bonchev–Trinajstić information content (AvgIpc) is 2.82. The Balaban J connectivity index is 1.87. The maximum atomic E-state index is 12.1. The number of amides is 2. The summed E-state index contributed by atoms with van der Waals surface area (Å²) < 4.78 is 10.8. The Morgan fingerprint density at radius 3 is 3.00 bits per heavy atom. The van der Waals surface area contributed by atoms with E-state index in [4.69, 9.17) is 15.2 Å². The molecule has 2 heterocycles. The molecule has 0 radical (unpaired) electrons. The van der Waals surface area contributed by atoms with E-state index >= 15 is 0 Å². The van der Waals surface area contributed by atoms with Crippen molar-refractivity contribution >= 4 is 6.03 Å². The minimum atomic E-state index is -0.0446. The molecule has 2 aliphatic heterocycles. The third kappa shape index (κ3) is 3.08. The molecule has 0 saturated carbocycles. The third-order valence-electron chi connectivity index (χ3n) is 3.29. The van der Waals surface area contributed by atoms with Crippen LogP contribution in [0.15, 0.2) is 0 Å². The Hall–Kier alpha value is -0.850. The zero-order chi connectivity index (χ0) is 12.3. The molecule has 2 amide bonds. The molecular weight excluding hydrogens is 222 g/mol. The fraction of sp³-hybridized carbons (Fsp3) is 0.909. The lowest BCUT2D eigenvalue weighted by Gasteiger charge is -2.38. The highest BCUT2D eigenvalue weighted by atomic mass is 16.5. The largest absolute Gasteiger partial charge is 0.379 e. The van der Waals surface area contributed by atoms with Crippen molar-refractivity contribution in [1.29, 1.82) is 0 Å². The van der Waals surface area contributed by atoms with Gasteiger partial charge in [-0.1, -0.05) is 0 Å². The van der Waals surface area contributed by atoms with E-state index in [-0.39, 0.29) is 24.2 Å². The van der Waals surface area contributed by atoms with Crippen LogP contribution in [0, 0.1) is 0 Å². The molecule has 2 aliphatic rings. The number of rotatable bonds is 2. The molecule has 0 aromatic carbocycles. The molecule has 6 heteroatoms. The van der Waals surface area contributed by atoms with Crippen molar-refractivity contribution in [3.05, 3.63) is 0 Å². The van der Waals surface area contributed by atoms with Crippen molar-refractivity contribution in [2.75, 3.05) is 32.9 Å². The predicted molar refractivity (Wildman–Crippen MR) is 62.7 cm³/mol. The number of nitrogens with one attached hydrogen (secondary N) is 1. The van der Waals surface area contributed by atoms with Crippen LogP contribution in [-0.4, -0.2) is 62.0 Å². The van der Waals surface area contributed by atoms with Crippen LogP contribution >= 0.6 is 0 Å². The van der Waals surface area contributed by atoms with E-state index in [1.807, 2.05) is 6.92 Å². The fourth-order valence-electron chi connectivity index (χ4n) is 2.15. The van der Waals surface area contributed by atoms with Crippen molar-refractivity contribution in [1.82, 2.24) is 10.2 Å². The first-order chi connectivity index (χ1) is 8.20. The van der Waals surface area contributed by atoms with E-state index in [9.17, 15) is 4.79 Å². The molecule has 0 aliphatic carbocycles. The minimum absolute atomic E-state index is 0.0326. The summed E-state index contributed by atoms with van der Waals surface area (Å²) in [6.07, 6.45) is 0.849. The van der Waals surface area contributed by atoms with Gasteiger partial charge in [0.2, 0.25) is 0 Å². The number of hydrogen-bond acceptors (Lipinski definition) is 4. The molecule has 6 nitrogen and oxygen atoms in total. The van der Waals surface area contributed by atoms with Gasteiger partial charge >= 0.3 is 6.03 Å². The highest BCUT2D eigenvalue weighted by Gasteiger charge is 2.30. The molecule has 17 heavy (non-hydrogen) atoms. The number of urea groups is 1. The van der Waals surface area contributed by atoms with E-state index in [0.29, 0.717) is 26.3 Å². The standard InChI is InChI=1S/C11H21N3O3/c1-8-6-17-10(4-12)5-14(8)11(15)13-9-2-3-16-7-9/h8-10H,2-7,12H2,1H3,(H,13,15). The zero-order valence-electron chi connectivity index (χ0n) is 10.2. The maximum Gasteiger partial charge on any atom is 0.318 e. The lowest BCUT2D eigenvalue weighted by Crippen LogP contribution is -2.57. The smallest absolute Gasteiger partial charge is 0.318 e. The van der Waals surface area contributed by atoms with E-state index in [1.165, 1.54) is 0 Å². The minimum Gasteiger partial charge on any atom is -0.379 e. The molecule has 98 valence electrons. The summed E-state index contributed by atoms with van der Waals surface area (Å²) in [5, 5.41) is 2.99. The molecule has 3 N–H and O–H groups in total. The predicted octanol–water partition coefficient (Wildman–Crippen LogP) is -0.467. The summed E-state index contributed by atoms with van der Waals surface area (Å²) >= 11 is 0. The molecule has 0 bridgehead atoms. The number of carbonyl (C=O) groups excluding carboxylic acids is 1. The summed E-state index contributed by atoms with van der Waals surface area (Å²) in [6.45, 7) is 4.90. The summed E-state index contributed by atoms with van der Waals surface area (Å²) in [4.78, 5) is 13.9. The molecule has 0 aromatic heterocycles. The van der Waals surface area contributed by atoms with Crippen LogP contribution < -0.4 is 11.1 Å². The summed E-state index contributed by atoms with van der Waals surface area (Å²) in [5.74, 6) is 0. The number of morpholine rings is 1. The Bertz CT molecular complexity index is 269. The van der Waals surface area contributed by atoms with Gasteiger partial charge < -0.3 is 25.4 Å². The van der Waals surface area contributed by atoms with Crippen LogP contribution in [0.5, 0.6) is 0 Å². The van der Waals surface area contributed by atoms with Crippen LogP contribution in [0.2, 0.25) is 0 Å². The lowest BCUT2D eigenvalue weighted by molar-refractivity contribution is -0.0365. The zero-order valence-corrected chi connectivity index (χ0v) is 10.2. The van der Waals surface area contributed by atoms with Crippen LogP contribution in [0.3, 0.4) is 0 Å². The quantitative estimate of drug-likeness (QED) is 0.687. The number of ether oxygens (including phenoxy) is 2. The third-order valence-corrected chi connectivity index (χ3v) is 3.29. The average molecular weight is 243 g/mol. The van der Waals surface area contributed by atoms with Crippen LogP contribution in [0.1, 0.15) is 13.3 Å². The molecule has 3 unspecified atom stereocenters. The van der Waals surface area contributed by atoms with Crippen molar-refractivity contribution < 1.29 is 14.3 Å². The van der Waals surface area contributed by atoms with Gasteiger partial charge in [-0.15, -0.1) is 0 Å². The number of nitrogens with two attached hydrogens (primary N) is 1. The van der Waals surface area contributed by atoms with E-state index in [2.05, 4.69) is 5.32 Å². The Morgan fingerprint density at radius 1 is 1.53 bits per heavy atom. The second-order valence-corrected chi connectivity index (χ2v) is 4.70. The van der Waals surface area contributed by atoms with Gasteiger partial charge in [-0.2, -0.15) is 0 Å². The van der Waals surface area contributed by atoms with E-state index in [1.54, 1.807) is 4.90 Å². The number of carbonyl (C=O) groups is 1. The van der Waals surface area contributed by atoms with Gasteiger partial charge in [-0.25, -0.2) is 4.79 Å². The fourth-order valence-corrected chi connectivity index (χ4v) is 2.15. The highest BCUT2D eigenvalue weighted by Crippen LogP contribution is 2.12. The second-order valence-electron chi connectivity index (χ2n) is 4.70. The first-order valence-electron chi connectivity index (χ1n) is 6.17. The molecular formula is C11H21N3O3. The number of nitrogens with zero attached hydrogens (tertiary/aromatic N) is 1. The summed E-state index contributed by atoms with van der Waals surface area (Å²) in [5.41, 5.74) is 5.57. The first kappa shape index (κ1) is 12.6. The Labute approximate surface area is 101 Å².